The molecule has 0 N–H and O–H groups in total. The second-order valence-electron chi connectivity index (χ2n) is 12.8. The van der Waals surface area contributed by atoms with Crippen molar-refractivity contribution in [1.82, 2.24) is 15.0 Å². The average Bonchev–Trinajstić information content (AvgIpc) is 3.24. The molecule has 0 aliphatic rings. The molecule has 2 aromatic heterocycles. The van der Waals surface area contributed by atoms with Gasteiger partial charge < -0.3 is 0 Å². The van der Waals surface area contributed by atoms with Crippen molar-refractivity contribution < 1.29 is 0 Å². The Hall–Kier alpha value is -6.97. The number of fused-ring (bicyclic) bond motifs is 1. The molecule has 0 amide bonds. The minimum atomic E-state index is 0.840. The Morgan fingerprint density at radius 3 is 1.04 bits per heavy atom. The van der Waals surface area contributed by atoms with Crippen molar-refractivity contribution in [2.45, 2.75) is 0 Å². The van der Waals surface area contributed by atoms with Gasteiger partial charge in [-0.3, -0.25) is 4.98 Å². The van der Waals surface area contributed by atoms with Crippen molar-refractivity contribution in [3.63, 3.8) is 0 Å². The molecule has 9 rings (SSSR count). The molecule has 3 nitrogen and oxygen atoms in total. The molecule has 0 saturated carbocycles. The van der Waals surface area contributed by atoms with Gasteiger partial charge in [0.1, 0.15) is 0 Å². The SMILES string of the molecule is c1ccc(-c2ccccc2-c2ccc(-c3ccccc3-c3ccccc3)c3nc(-c4ccc(-c5ccncc5)cc4)c(-c4ccccc4)nc23)cc1. The molecule has 0 unspecified atom stereocenters. The number of hydrogen-bond donors (Lipinski definition) is 0. The normalized spacial score (nSPS) is 11.1. The number of nitrogens with zero attached hydrogens (tertiary/aromatic N) is 3. The molecule has 0 spiro atoms. The number of pyridine rings is 1. The molecule has 9 aromatic rings. The Labute approximate surface area is 303 Å². The van der Waals surface area contributed by atoms with E-state index in [4.69, 9.17) is 9.97 Å². The number of rotatable bonds is 7. The summed E-state index contributed by atoms with van der Waals surface area (Å²) in [5, 5.41) is 0. The van der Waals surface area contributed by atoms with E-state index < -0.39 is 0 Å². The lowest BCUT2D eigenvalue weighted by atomic mass is 9.89. The van der Waals surface area contributed by atoms with Crippen molar-refractivity contribution >= 4 is 11.0 Å². The zero-order valence-electron chi connectivity index (χ0n) is 28.4. The second-order valence-corrected chi connectivity index (χ2v) is 12.8. The van der Waals surface area contributed by atoms with E-state index in [0.29, 0.717) is 0 Å². The zero-order valence-corrected chi connectivity index (χ0v) is 28.4. The fraction of sp³-hybridized carbons (Fsp3) is 0. The van der Waals surface area contributed by atoms with Crippen LogP contribution in [0, 0.1) is 0 Å². The van der Waals surface area contributed by atoms with Gasteiger partial charge in [-0.1, -0.05) is 176 Å². The highest BCUT2D eigenvalue weighted by Crippen LogP contribution is 2.43. The lowest BCUT2D eigenvalue weighted by Crippen LogP contribution is -2.00. The Bertz CT molecular complexity index is 2640. The first-order valence-corrected chi connectivity index (χ1v) is 17.5. The Morgan fingerprint density at radius 1 is 0.231 bits per heavy atom. The van der Waals surface area contributed by atoms with E-state index >= 15 is 0 Å². The smallest absolute Gasteiger partial charge is 0.0979 e. The number of aromatic nitrogens is 3. The zero-order chi connectivity index (χ0) is 34.7. The van der Waals surface area contributed by atoms with E-state index in [1.54, 1.807) is 0 Å². The van der Waals surface area contributed by atoms with Gasteiger partial charge in [0.25, 0.3) is 0 Å². The lowest BCUT2D eigenvalue weighted by molar-refractivity contribution is 1.29. The molecule has 3 heteroatoms. The summed E-state index contributed by atoms with van der Waals surface area (Å²) in [7, 11) is 0. The molecule has 0 aliphatic carbocycles. The molecule has 0 radical (unpaired) electrons. The van der Waals surface area contributed by atoms with E-state index in [2.05, 4.69) is 175 Å². The van der Waals surface area contributed by atoms with Crippen molar-refractivity contribution in [2.75, 3.05) is 0 Å². The Kier molecular flexibility index (Phi) is 8.20. The van der Waals surface area contributed by atoms with Crippen molar-refractivity contribution in [1.29, 1.82) is 0 Å². The summed E-state index contributed by atoms with van der Waals surface area (Å²) in [5.41, 5.74) is 16.6. The maximum atomic E-state index is 5.65. The summed E-state index contributed by atoms with van der Waals surface area (Å²) in [6.45, 7) is 0. The average molecular weight is 664 g/mol. The quantitative estimate of drug-likeness (QED) is 0.170. The molecule has 244 valence electrons. The van der Waals surface area contributed by atoms with E-state index in [1.807, 2.05) is 30.6 Å². The third-order valence-electron chi connectivity index (χ3n) is 9.65. The molecule has 0 fully saturated rings. The molecule has 0 aliphatic heterocycles. The van der Waals surface area contributed by atoms with Crippen LogP contribution in [0.3, 0.4) is 0 Å². The monoisotopic (exact) mass is 663 g/mol. The molecule has 52 heavy (non-hydrogen) atoms. The number of hydrogen-bond acceptors (Lipinski definition) is 3. The van der Waals surface area contributed by atoms with E-state index in [1.165, 1.54) is 0 Å². The highest BCUT2D eigenvalue weighted by molar-refractivity contribution is 6.06. The van der Waals surface area contributed by atoms with Gasteiger partial charge in [0.2, 0.25) is 0 Å². The van der Waals surface area contributed by atoms with Gasteiger partial charge in [0.15, 0.2) is 0 Å². The first-order chi connectivity index (χ1) is 25.8. The lowest BCUT2D eigenvalue weighted by Gasteiger charge is -2.19. The fourth-order valence-corrected chi connectivity index (χ4v) is 7.11. The van der Waals surface area contributed by atoms with Crippen LogP contribution in [-0.4, -0.2) is 15.0 Å². The minimum absolute atomic E-state index is 0.840. The van der Waals surface area contributed by atoms with Crippen LogP contribution in [0.15, 0.2) is 200 Å². The van der Waals surface area contributed by atoms with Gasteiger partial charge in [-0.25, -0.2) is 9.97 Å². The number of benzene rings is 7. The molecule has 7 aromatic carbocycles. The maximum Gasteiger partial charge on any atom is 0.0979 e. The van der Waals surface area contributed by atoms with Gasteiger partial charge in [0.05, 0.1) is 22.4 Å². The molecule has 0 saturated heterocycles. The Balaban J connectivity index is 1.35. The Morgan fingerprint density at radius 2 is 0.577 bits per heavy atom. The highest BCUT2D eigenvalue weighted by Gasteiger charge is 2.21. The van der Waals surface area contributed by atoms with Crippen molar-refractivity contribution in [3.05, 3.63) is 200 Å². The summed E-state index contributed by atoms with van der Waals surface area (Å²) >= 11 is 0. The van der Waals surface area contributed by atoms with Crippen LogP contribution in [0.25, 0.3) is 89.2 Å². The van der Waals surface area contributed by atoms with Gasteiger partial charge in [-0.15, -0.1) is 0 Å². The molecular weight excluding hydrogens is 631 g/mol. The first kappa shape index (κ1) is 31.0. The van der Waals surface area contributed by atoms with E-state index in [-0.39, 0.29) is 0 Å². The van der Waals surface area contributed by atoms with E-state index in [9.17, 15) is 0 Å². The first-order valence-electron chi connectivity index (χ1n) is 17.5. The van der Waals surface area contributed by atoms with Crippen LogP contribution in [-0.2, 0) is 0 Å². The fourth-order valence-electron chi connectivity index (χ4n) is 7.11. The molecule has 0 bridgehead atoms. The highest BCUT2D eigenvalue weighted by atomic mass is 14.8. The molecule has 0 atom stereocenters. The van der Waals surface area contributed by atoms with Crippen molar-refractivity contribution in [2.24, 2.45) is 0 Å². The van der Waals surface area contributed by atoms with Crippen LogP contribution in [0.5, 0.6) is 0 Å². The van der Waals surface area contributed by atoms with Gasteiger partial charge in [0, 0.05) is 34.6 Å². The molecular formula is C49H33N3. The summed E-state index contributed by atoms with van der Waals surface area (Å²) in [6.07, 6.45) is 3.65. The topological polar surface area (TPSA) is 38.7 Å². The van der Waals surface area contributed by atoms with Crippen LogP contribution < -0.4 is 0 Å². The van der Waals surface area contributed by atoms with Gasteiger partial charge in [-0.05, 0) is 56.6 Å². The third kappa shape index (κ3) is 5.85. The second kappa shape index (κ2) is 13.7. The third-order valence-corrected chi connectivity index (χ3v) is 9.65. The van der Waals surface area contributed by atoms with Crippen LogP contribution in [0.1, 0.15) is 0 Å². The largest absolute Gasteiger partial charge is 0.265 e. The summed E-state index contributed by atoms with van der Waals surface area (Å²) in [4.78, 5) is 15.5. The van der Waals surface area contributed by atoms with E-state index in [0.717, 1.165) is 89.2 Å². The van der Waals surface area contributed by atoms with Crippen LogP contribution in [0.4, 0.5) is 0 Å². The summed E-state index contributed by atoms with van der Waals surface area (Å²) in [5.74, 6) is 0. The van der Waals surface area contributed by atoms with Crippen LogP contribution in [0.2, 0.25) is 0 Å². The minimum Gasteiger partial charge on any atom is -0.265 e. The maximum absolute atomic E-state index is 5.65. The molecule has 2 heterocycles. The predicted octanol–water partition coefficient (Wildman–Crippen LogP) is 12.7. The van der Waals surface area contributed by atoms with Crippen LogP contribution >= 0.6 is 0 Å². The van der Waals surface area contributed by atoms with Gasteiger partial charge >= 0.3 is 0 Å². The summed E-state index contributed by atoms with van der Waals surface area (Å²) < 4.78 is 0. The predicted molar refractivity (Wildman–Crippen MR) is 215 cm³/mol. The van der Waals surface area contributed by atoms with Gasteiger partial charge in [-0.2, -0.15) is 0 Å². The van der Waals surface area contributed by atoms with Crippen molar-refractivity contribution in [3.8, 4) is 78.1 Å². The summed E-state index contributed by atoms with van der Waals surface area (Å²) in [6, 6.07) is 65.9. The standard InChI is InChI=1S/C49H33N3/c1-4-14-36(15-5-1)40-20-10-12-22-42(40)44-28-29-45(43-23-13-11-21-41(43)37-16-6-2-7-17-37)49-48(44)51-46(38-18-8-3-9-19-38)47(52-49)39-26-24-34(25-27-39)35-30-32-50-33-31-35/h1-33H.